The van der Waals surface area contributed by atoms with Crippen molar-refractivity contribution < 1.29 is 9.59 Å². The van der Waals surface area contributed by atoms with Crippen LogP contribution in [0.4, 0.5) is 5.13 Å². The number of nitrogens with one attached hydrogen (secondary N) is 2. The van der Waals surface area contributed by atoms with Gasteiger partial charge in [-0.3, -0.25) is 9.59 Å². The quantitative estimate of drug-likeness (QED) is 0.690. The number of hydrogen-bond donors (Lipinski definition) is 2. The van der Waals surface area contributed by atoms with Crippen LogP contribution in [0, 0.1) is 13.8 Å². The number of thiazole rings is 1. The molecule has 2 amide bonds. The Morgan fingerprint density at radius 2 is 1.92 bits per heavy atom. The molecule has 0 fully saturated rings. The monoisotopic (exact) mass is 385 g/mol. The van der Waals surface area contributed by atoms with E-state index in [0.29, 0.717) is 10.0 Å². The molecule has 3 aromatic rings. The molecule has 1 aromatic carbocycles. The van der Waals surface area contributed by atoms with Crippen molar-refractivity contribution in [3.63, 3.8) is 0 Å². The maximum absolute atomic E-state index is 12.3. The van der Waals surface area contributed by atoms with Crippen molar-refractivity contribution in [1.82, 2.24) is 10.3 Å². The lowest BCUT2D eigenvalue weighted by molar-refractivity contribution is -0.117. The molecule has 2 N–H and O–H groups in total. The molecule has 5 nitrogen and oxygen atoms in total. The fraction of sp³-hybridized carbons (Fsp3) is 0.211. The third kappa shape index (κ3) is 4.17. The fourth-order valence-electron chi connectivity index (χ4n) is 2.32. The Morgan fingerprint density at radius 3 is 2.62 bits per heavy atom. The molecule has 134 valence electrons. The summed E-state index contributed by atoms with van der Waals surface area (Å²) in [5.41, 5.74) is 4.27. The molecule has 0 radical (unpaired) electrons. The van der Waals surface area contributed by atoms with Gasteiger partial charge in [0.15, 0.2) is 5.13 Å². The first-order valence-electron chi connectivity index (χ1n) is 8.12. The van der Waals surface area contributed by atoms with Crippen LogP contribution in [-0.2, 0) is 4.79 Å². The predicted molar refractivity (Wildman–Crippen MR) is 107 cm³/mol. The van der Waals surface area contributed by atoms with Crippen LogP contribution in [0.1, 0.15) is 27.7 Å². The van der Waals surface area contributed by atoms with Gasteiger partial charge in [0.2, 0.25) is 5.91 Å². The van der Waals surface area contributed by atoms with Crippen LogP contribution >= 0.6 is 22.7 Å². The van der Waals surface area contributed by atoms with E-state index < -0.39 is 6.04 Å². The SMILES string of the molecule is Cc1ccc(-c2csc(NC(=O)C(C)NC(=O)c3cccs3)n2)cc1C. The number of aromatic nitrogens is 1. The average Bonchev–Trinajstić information content (AvgIpc) is 3.29. The molecule has 1 unspecified atom stereocenters. The van der Waals surface area contributed by atoms with Crippen molar-refractivity contribution in [2.24, 2.45) is 0 Å². The second-order valence-corrected chi connectivity index (χ2v) is 7.80. The topological polar surface area (TPSA) is 71.1 Å². The van der Waals surface area contributed by atoms with E-state index >= 15 is 0 Å². The molecule has 0 spiro atoms. The summed E-state index contributed by atoms with van der Waals surface area (Å²) in [7, 11) is 0. The molecule has 3 rings (SSSR count). The molecule has 2 aromatic heterocycles. The summed E-state index contributed by atoms with van der Waals surface area (Å²) in [5, 5.41) is 9.71. The van der Waals surface area contributed by atoms with Gasteiger partial charge in [0, 0.05) is 10.9 Å². The summed E-state index contributed by atoms with van der Waals surface area (Å²) in [6, 6.07) is 9.03. The molecule has 0 aliphatic heterocycles. The molecule has 0 aliphatic rings. The van der Waals surface area contributed by atoms with Crippen molar-refractivity contribution in [2.75, 3.05) is 5.32 Å². The normalized spacial score (nSPS) is 11.8. The Labute approximate surface area is 160 Å². The smallest absolute Gasteiger partial charge is 0.261 e. The lowest BCUT2D eigenvalue weighted by Crippen LogP contribution is -2.41. The van der Waals surface area contributed by atoms with Gasteiger partial charge >= 0.3 is 0 Å². The number of rotatable bonds is 5. The highest BCUT2D eigenvalue weighted by atomic mass is 32.1. The van der Waals surface area contributed by atoms with Crippen molar-refractivity contribution >= 4 is 39.6 Å². The van der Waals surface area contributed by atoms with Crippen molar-refractivity contribution in [3.8, 4) is 11.3 Å². The molecule has 1 atom stereocenters. The third-order valence-corrected chi connectivity index (χ3v) is 5.65. The van der Waals surface area contributed by atoms with Crippen LogP contribution in [0.5, 0.6) is 0 Å². The van der Waals surface area contributed by atoms with E-state index in [-0.39, 0.29) is 11.8 Å². The van der Waals surface area contributed by atoms with Gasteiger partial charge in [-0.2, -0.15) is 0 Å². The van der Waals surface area contributed by atoms with Gasteiger partial charge in [0.05, 0.1) is 10.6 Å². The van der Waals surface area contributed by atoms with Crippen LogP contribution in [0.2, 0.25) is 0 Å². The van der Waals surface area contributed by atoms with Gasteiger partial charge in [0.1, 0.15) is 6.04 Å². The van der Waals surface area contributed by atoms with Crippen molar-refractivity contribution in [1.29, 1.82) is 0 Å². The molecule has 2 heterocycles. The minimum absolute atomic E-state index is 0.252. The van der Waals surface area contributed by atoms with E-state index in [1.165, 1.54) is 33.8 Å². The van der Waals surface area contributed by atoms with E-state index in [2.05, 4.69) is 41.6 Å². The van der Waals surface area contributed by atoms with E-state index in [9.17, 15) is 9.59 Å². The maximum Gasteiger partial charge on any atom is 0.261 e. The third-order valence-electron chi connectivity index (χ3n) is 4.02. The van der Waals surface area contributed by atoms with E-state index in [4.69, 9.17) is 0 Å². The molecule has 0 bridgehead atoms. The molecular formula is C19H19N3O2S2. The Morgan fingerprint density at radius 1 is 1.12 bits per heavy atom. The van der Waals surface area contributed by atoms with Crippen LogP contribution in [0.3, 0.4) is 0 Å². The highest BCUT2D eigenvalue weighted by Crippen LogP contribution is 2.26. The summed E-state index contributed by atoms with van der Waals surface area (Å²) in [6.45, 7) is 5.78. The second-order valence-electron chi connectivity index (χ2n) is 6.00. The van der Waals surface area contributed by atoms with Crippen LogP contribution in [-0.4, -0.2) is 22.8 Å². The Balaban J connectivity index is 1.63. The molecule has 0 saturated carbocycles. The van der Waals surface area contributed by atoms with Gasteiger partial charge in [-0.25, -0.2) is 4.98 Å². The number of carbonyl (C=O) groups is 2. The largest absolute Gasteiger partial charge is 0.340 e. The van der Waals surface area contributed by atoms with Gasteiger partial charge in [-0.05, 0) is 49.4 Å². The minimum atomic E-state index is -0.654. The molecule has 0 saturated heterocycles. The number of benzene rings is 1. The number of anilines is 1. The Kier molecular flexibility index (Phi) is 5.49. The summed E-state index contributed by atoms with van der Waals surface area (Å²) in [4.78, 5) is 29.4. The van der Waals surface area contributed by atoms with Gasteiger partial charge < -0.3 is 10.6 Å². The average molecular weight is 386 g/mol. The zero-order valence-corrected chi connectivity index (χ0v) is 16.3. The van der Waals surface area contributed by atoms with Gasteiger partial charge in [0.25, 0.3) is 5.91 Å². The number of amides is 2. The predicted octanol–water partition coefficient (Wildman–Crippen LogP) is 4.25. The Bertz CT molecular complexity index is 932. The van der Waals surface area contributed by atoms with Crippen LogP contribution in [0.25, 0.3) is 11.3 Å². The minimum Gasteiger partial charge on any atom is -0.340 e. The number of carbonyl (C=O) groups excluding carboxylic acids is 2. The van der Waals surface area contributed by atoms with Crippen molar-refractivity contribution in [3.05, 3.63) is 57.1 Å². The standard InChI is InChI=1S/C19H19N3O2S2/c1-11-6-7-14(9-12(11)2)15-10-26-19(21-15)22-17(23)13(3)20-18(24)16-5-4-8-25-16/h4-10,13H,1-3H3,(H,20,24)(H,21,22,23). The zero-order chi connectivity index (χ0) is 18.7. The fourth-order valence-corrected chi connectivity index (χ4v) is 3.67. The summed E-state index contributed by atoms with van der Waals surface area (Å²) >= 11 is 2.70. The zero-order valence-electron chi connectivity index (χ0n) is 14.7. The first kappa shape index (κ1) is 18.3. The van der Waals surface area contributed by atoms with E-state index in [1.54, 1.807) is 19.1 Å². The number of nitrogens with zero attached hydrogens (tertiary/aromatic N) is 1. The summed E-state index contributed by atoms with van der Waals surface area (Å²) in [6.07, 6.45) is 0. The van der Waals surface area contributed by atoms with E-state index in [1.807, 2.05) is 16.8 Å². The summed E-state index contributed by atoms with van der Waals surface area (Å²) < 4.78 is 0. The highest BCUT2D eigenvalue weighted by Gasteiger charge is 2.18. The lowest BCUT2D eigenvalue weighted by Gasteiger charge is -2.12. The van der Waals surface area contributed by atoms with Gasteiger partial charge in [-0.15, -0.1) is 22.7 Å². The molecule has 7 heteroatoms. The molecule has 26 heavy (non-hydrogen) atoms. The maximum atomic E-state index is 12.3. The highest BCUT2D eigenvalue weighted by molar-refractivity contribution is 7.14. The second kappa shape index (κ2) is 7.80. The number of thiophene rings is 1. The van der Waals surface area contributed by atoms with Crippen LogP contribution in [0.15, 0.2) is 41.1 Å². The van der Waals surface area contributed by atoms with Crippen molar-refractivity contribution in [2.45, 2.75) is 26.8 Å². The van der Waals surface area contributed by atoms with Crippen LogP contribution < -0.4 is 10.6 Å². The molecular weight excluding hydrogens is 366 g/mol. The first-order valence-corrected chi connectivity index (χ1v) is 9.88. The first-order chi connectivity index (χ1) is 12.4. The van der Waals surface area contributed by atoms with E-state index in [0.717, 1.165) is 11.3 Å². The lowest BCUT2D eigenvalue weighted by atomic mass is 10.1. The Hall–Kier alpha value is -2.51. The van der Waals surface area contributed by atoms with Gasteiger partial charge in [-0.1, -0.05) is 18.2 Å². The number of hydrogen-bond acceptors (Lipinski definition) is 5. The molecule has 0 aliphatic carbocycles. The summed E-state index contributed by atoms with van der Waals surface area (Å²) in [5.74, 6) is -0.548. The number of aryl methyl sites for hydroxylation is 2.